The van der Waals surface area contributed by atoms with Crippen molar-refractivity contribution >= 4 is 27.4 Å². The van der Waals surface area contributed by atoms with Gasteiger partial charge in [-0.3, -0.25) is 13.9 Å². The van der Waals surface area contributed by atoms with Crippen LogP contribution in [0.15, 0.2) is 48.5 Å². The van der Waals surface area contributed by atoms with Gasteiger partial charge in [-0.05, 0) is 31.5 Å². The highest BCUT2D eigenvalue weighted by atomic mass is 32.2. The number of nitrogens with one attached hydrogen (secondary N) is 1. The molecule has 0 aliphatic carbocycles. The quantitative estimate of drug-likeness (QED) is 0.705. The average molecular weight is 388 g/mol. The van der Waals surface area contributed by atoms with Gasteiger partial charge in [0.25, 0.3) is 0 Å². The third-order valence-electron chi connectivity index (χ3n) is 4.09. The van der Waals surface area contributed by atoms with E-state index in [9.17, 15) is 18.0 Å². The highest BCUT2D eigenvalue weighted by Crippen LogP contribution is 2.20. The molecule has 2 aromatic carbocycles. The van der Waals surface area contributed by atoms with Crippen molar-refractivity contribution in [2.45, 2.75) is 26.8 Å². The number of carbonyl (C=O) groups excluding carboxylic acids is 2. The summed E-state index contributed by atoms with van der Waals surface area (Å²) >= 11 is 0. The van der Waals surface area contributed by atoms with Gasteiger partial charge in [0, 0.05) is 25.1 Å². The molecule has 0 bridgehead atoms. The number of rotatable bonds is 8. The fraction of sp³-hybridized carbons (Fsp3) is 0.300. The molecule has 2 aromatic rings. The average Bonchev–Trinajstić information content (AvgIpc) is 2.60. The number of hydrogen-bond acceptors (Lipinski definition) is 4. The van der Waals surface area contributed by atoms with Crippen LogP contribution in [0, 0.1) is 6.92 Å². The van der Waals surface area contributed by atoms with Gasteiger partial charge in [-0.1, -0.05) is 42.0 Å². The zero-order valence-corrected chi connectivity index (χ0v) is 16.5. The van der Waals surface area contributed by atoms with Crippen molar-refractivity contribution < 1.29 is 18.0 Å². The summed E-state index contributed by atoms with van der Waals surface area (Å²) < 4.78 is 25.4. The van der Waals surface area contributed by atoms with Crippen LogP contribution in [0.3, 0.4) is 0 Å². The molecule has 0 aliphatic rings. The molecule has 0 spiro atoms. The summed E-state index contributed by atoms with van der Waals surface area (Å²) in [4.78, 5) is 23.7. The number of ketones is 1. The van der Waals surface area contributed by atoms with Crippen molar-refractivity contribution in [3.8, 4) is 0 Å². The molecular weight excluding hydrogens is 364 g/mol. The van der Waals surface area contributed by atoms with Crippen LogP contribution in [0.4, 0.5) is 5.69 Å². The normalized spacial score (nSPS) is 11.1. The summed E-state index contributed by atoms with van der Waals surface area (Å²) in [6.45, 7) is 3.80. The maximum absolute atomic E-state index is 12.1. The zero-order valence-electron chi connectivity index (χ0n) is 15.7. The summed E-state index contributed by atoms with van der Waals surface area (Å²) in [6, 6.07) is 14.2. The number of Topliss-reactive ketones (excluding diaryl/α,β-unsaturated/α-hetero) is 1. The van der Waals surface area contributed by atoms with Gasteiger partial charge in [0.15, 0.2) is 5.78 Å². The molecule has 0 aliphatic heterocycles. The molecule has 7 heteroatoms. The van der Waals surface area contributed by atoms with Crippen LogP contribution < -0.4 is 9.62 Å². The molecule has 0 radical (unpaired) electrons. The number of hydrogen-bond donors (Lipinski definition) is 1. The molecule has 0 atom stereocenters. The summed E-state index contributed by atoms with van der Waals surface area (Å²) in [6.07, 6.45) is 1.10. The van der Waals surface area contributed by atoms with Gasteiger partial charge in [-0.15, -0.1) is 0 Å². The Morgan fingerprint density at radius 2 is 1.74 bits per heavy atom. The standard InChI is InChI=1S/C20H24N2O4S/c1-15-7-9-17(10-8-15)14-21-20(24)11-12-22(27(3,25)26)19-6-4-5-18(13-19)16(2)23/h4-10,13H,11-12,14H2,1-3H3,(H,21,24). The highest BCUT2D eigenvalue weighted by molar-refractivity contribution is 7.92. The Labute approximate surface area is 160 Å². The van der Waals surface area contributed by atoms with Crippen LogP contribution in [0.5, 0.6) is 0 Å². The second-order valence-corrected chi connectivity index (χ2v) is 8.36. The van der Waals surface area contributed by atoms with Crippen molar-refractivity contribution in [1.82, 2.24) is 5.32 Å². The second-order valence-electron chi connectivity index (χ2n) is 6.45. The fourth-order valence-electron chi connectivity index (χ4n) is 2.56. The van der Waals surface area contributed by atoms with Gasteiger partial charge in [0.2, 0.25) is 15.9 Å². The van der Waals surface area contributed by atoms with E-state index in [1.165, 1.54) is 13.0 Å². The Bertz CT molecular complexity index is 921. The van der Waals surface area contributed by atoms with Crippen LogP contribution in [0.25, 0.3) is 0 Å². The molecule has 0 saturated heterocycles. The molecule has 2 rings (SSSR count). The minimum absolute atomic E-state index is 0.0000768. The Hall–Kier alpha value is -2.67. The first kappa shape index (κ1) is 20.6. The van der Waals surface area contributed by atoms with E-state index in [1.54, 1.807) is 18.2 Å². The third-order valence-corrected chi connectivity index (χ3v) is 5.29. The van der Waals surface area contributed by atoms with Crippen molar-refractivity contribution in [2.75, 3.05) is 17.1 Å². The summed E-state index contributed by atoms with van der Waals surface area (Å²) in [7, 11) is -3.59. The van der Waals surface area contributed by atoms with Crippen molar-refractivity contribution in [2.24, 2.45) is 0 Å². The summed E-state index contributed by atoms with van der Waals surface area (Å²) in [5, 5.41) is 2.79. The first-order valence-corrected chi connectivity index (χ1v) is 10.4. The number of carbonyl (C=O) groups is 2. The number of amides is 1. The Balaban J connectivity index is 2.02. The van der Waals surface area contributed by atoms with E-state index >= 15 is 0 Å². The largest absolute Gasteiger partial charge is 0.352 e. The van der Waals surface area contributed by atoms with E-state index in [-0.39, 0.29) is 24.7 Å². The minimum atomic E-state index is -3.59. The number of benzene rings is 2. The van der Waals surface area contributed by atoms with Crippen LogP contribution >= 0.6 is 0 Å². The predicted octanol–water partition coefficient (Wildman–Crippen LogP) is 2.67. The van der Waals surface area contributed by atoms with Crippen molar-refractivity contribution in [3.05, 3.63) is 65.2 Å². The molecule has 27 heavy (non-hydrogen) atoms. The van der Waals surface area contributed by atoms with E-state index < -0.39 is 10.0 Å². The van der Waals surface area contributed by atoms with Gasteiger partial charge < -0.3 is 5.32 Å². The van der Waals surface area contributed by atoms with Gasteiger partial charge in [0.05, 0.1) is 11.9 Å². The lowest BCUT2D eigenvalue weighted by Gasteiger charge is -2.22. The molecule has 1 N–H and O–H groups in total. The monoisotopic (exact) mass is 388 g/mol. The number of anilines is 1. The van der Waals surface area contributed by atoms with Crippen LogP contribution in [0.1, 0.15) is 34.8 Å². The van der Waals surface area contributed by atoms with Gasteiger partial charge >= 0.3 is 0 Å². The maximum Gasteiger partial charge on any atom is 0.232 e. The summed E-state index contributed by atoms with van der Waals surface area (Å²) in [5.41, 5.74) is 2.91. The number of aryl methyl sites for hydroxylation is 1. The van der Waals surface area contributed by atoms with Crippen molar-refractivity contribution in [3.63, 3.8) is 0 Å². The molecule has 0 unspecified atom stereocenters. The van der Waals surface area contributed by atoms with Gasteiger partial charge in [-0.25, -0.2) is 8.42 Å². The van der Waals surface area contributed by atoms with Crippen LogP contribution in [0.2, 0.25) is 0 Å². The van der Waals surface area contributed by atoms with E-state index in [4.69, 9.17) is 0 Å². The Morgan fingerprint density at radius 1 is 1.07 bits per heavy atom. The van der Waals surface area contributed by atoms with Gasteiger partial charge in [-0.2, -0.15) is 0 Å². The Kier molecular flexibility index (Phi) is 6.74. The molecule has 0 heterocycles. The first-order valence-electron chi connectivity index (χ1n) is 8.58. The number of nitrogens with zero attached hydrogens (tertiary/aromatic N) is 1. The van der Waals surface area contributed by atoms with Crippen LogP contribution in [-0.2, 0) is 21.4 Å². The molecule has 144 valence electrons. The third kappa shape index (κ3) is 6.21. The smallest absolute Gasteiger partial charge is 0.232 e. The fourth-order valence-corrected chi connectivity index (χ4v) is 3.48. The van der Waals surface area contributed by atoms with E-state index in [2.05, 4.69) is 5.32 Å². The van der Waals surface area contributed by atoms with Gasteiger partial charge in [0.1, 0.15) is 0 Å². The Morgan fingerprint density at radius 3 is 2.33 bits per heavy atom. The SMILES string of the molecule is CC(=O)c1cccc(N(CCC(=O)NCc2ccc(C)cc2)S(C)(=O)=O)c1. The molecule has 0 saturated carbocycles. The second kappa shape index (κ2) is 8.81. The minimum Gasteiger partial charge on any atom is -0.352 e. The van der Waals surface area contributed by atoms with E-state index in [0.717, 1.165) is 21.7 Å². The predicted molar refractivity (Wildman–Crippen MR) is 106 cm³/mol. The lowest BCUT2D eigenvalue weighted by Crippen LogP contribution is -2.34. The molecule has 1 amide bonds. The topological polar surface area (TPSA) is 83.6 Å². The molecule has 0 fully saturated rings. The molecule has 6 nitrogen and oxygen atoms in total. The van der Waals surface area contributed by atoms with E-state index in [1.807, 2.05) is 31.2 Å². The number of sulfonamides is 1. The highest BCUT2D eigenvalue weighted by Gasteiger charge is 2.19. The molecule has 0 aromatic heterocycles. The van der Waals surface area contributed by atoms with Crippen LogP contribution in [-0.4, -0.2) is 32.9 Å². The summed E-state index contributed by atoms with van der Waals surface area (Å²) in [5.74, 6) is -0.395. The lowest BCUT2D eigenvalue weighted by molar-refractivity contribution is -0.121. The lowest BCUT2D eigenvalue weighted by atomic mass is 10.1. The first-order chi connectivity index (χ1) is 12.7. The maximum atomic E-state index is 12.1. The molecular formula is C20H24N2O4S. The zero-order chi connectivity index (χ0) is 20.0. The van der Waals surface area contributed by atoms with Crippen molar-refractivity contribution in [1.29, 1.82) is 0 Å². The van der Waals surface area contributed by atoms with E-state index in [0.29, 0.717) is 17.8 Å².